The number of benzene rings is 1. The summed E-state index contributed by atoms with van der Waals surface area (Å²) in [5, 5.41) is 0. The predicted octanol–water partition coefficient (Wildman–Crippen LogP) is 3.61. The van der Waals surface area contributed by atoms with Gasteiger partial charge in [-0.05, 0) is 39.0 Å². The second-order valence-corrected chi connectivity index (χ2v) is 6.27. The van der Waals surface area contributed by atoms with Gasteiger partial charge in [-0.15, -0.1) is 0 Å². The first kappa shape index (κ1) is 18.9. The third-order valence-corrected chi connectivity index (χ3v) is 4.02. The normalized spacial score (nSPS) is 10.4. The Morgan fingerprint density at radius 3 is 2.36 bits per heavy atom. The van der Waals surface area contributed by atoms with Crippen molar-refractivity contribution < 1.29 is 23.9 Å². The van der Waals surface area contributed by atoms with E-state index in [1.165, 1.54) is 0 Å². The van der Waals surface area contributed by atoms with Crippen LogP contribution < -0.4 is 0 Å². The quantitative estimate of drug-likeness (QED) is 0.583. The van der Waals surface area contributed by atoms with Crippen LogP contribution in [0.25, 0.3) is 0 Å². The van der Waals surface area contributed by atoms with E-state index in [9.17, 15) is 14.4 Å². The average molecular weight is 408 g/mol. The van der Waals surface area contributed by atoms with Crippen LogP contribution in [0.3, 0.4) is 0 Å². The first-order valence-electron chi connectivity index (χ1n) is 7.67. The number of carbonyl (C=O) groups is 3. The second kappa shape index (κ2) is 8.11. The highest BCUT2D eigenvalue weighted by atomic mass is 79.9. The van der Waals surface area contributed by atoms with Crippen LogP contribution in [-0.4, -0.2) is 35.9 Å². The van der Waals surface area contributed by atoms with Gasteiger partial charge < -0.3 is 14.5 Å². The average Bonchev–Trinajstić information content (AvgIpc) is 2.86. The molecular formula is C18H18BrNO5. The predicted molar refractivity (Wildman–Crippen MR) is 95.0 cm³/mol. The van der Waals surface area contributed by atoms with Crippen molar-refractivity contribution in [3.63, 3.8) is 0 Å². The Balaban J connectivity index is 2.16. The lowest BCUT2D eigenvalue weighted by Crippen LogP contribution is -2.18. The van der Waals surface area contributed by atoms with Gasteiger partial charge in [0.25, 0.3) is 0 Å². The van der Waals surface area contributed by atoms with Crippen molar-refractivity contribution in [1.29, 1.82) is 0 Å². The van der Waals surface area contributed by atoms with E-state index >= 15 is 0 Å². The zero-order chi connectivity index (χ0) is 18.6. The van der Waals surface area contributed by atoms with Gasteiger partial charge >= 0.3 is 11.9 Å². The van der Waals surface area contributed by atoms with Gasteiger partial charge in [-0.1, -0.05) is 22.0 Å². The lowest BCUT2D eigenvalue weighted by molar-refractivity contribution is 0.0472. The highest BCUT2D eigenvalue weighted by molar-refractivity contribution is 9.10. The van der Waals surface area contributed by atoms with Crippen molar-refractivity contribution in [3.8, 4) is 0 Å². The second-order valence-electron chi connectivity index (χ2n) is 5.36. The molecule has 0 aliphatic heterocycles. The maximum atomic E-state index is 12.5. The summed E-state index contributed by atoms with van der Waals surface area (Å²) in [5.74, 6) is -1.66. The highest BCUT2D eigenvalue weighted by Crippen LogP contribution is 2.21. The van der Waals surface area contributed by atoms with Crippen LogP contribution in [0.4, 0.5) is 0 Å². The number of aromatic amines is 1. The number of Topliss-reactive ketones (excluding diaryl/α,β-unsaturated/α-hetero) is 1. The van der Waals surface area contributed by atoms with E-state index in [0.29, 0.717) is 17.0 Å². The van der Waals surface area contributed by atoms with Gasteiger partial charge in [-0.25, -0.2) is 9.59 Å². The zero-order valence-electron chi connectivity index (χ0n) is 14.1. The first-order chi connectivity index (χ1) is 11.8. The third-order valence-electron chi connectivity index (χ3n) is 3.53. The Hall–Kier alpha value is -2.41. The van der Waals surface area contributed by atoms with Crippen LogP contribution in [0.2, 0.25) is 0 Å². The minimum absolute atomic E-state index is 0.183. The summed E-state index contributed by atoms with van der Waals surface area (Å²) in [6.45, 7) is 4.79. The number of aromatic nitrogens is 1. The molecule has 0 atom stereocenters. The number of ketones is 1. The van der Waals surface area contributed by atoms with Crippen LogP contribution >= 0.6 is 15.9 Å². The van der Waals surface area contributed by atoms with Crippen molar-refractivity contribution in [2.24, 2.45) is 0 Å². The Labute approximate surface area is 153 Å². The monoisotopic (exact) mass is 407 g/mol. The van der Waals surface area contributed by atoms with E-state index in [-0.39, 0.29) is 17.7 Å². The molecule has 132 valence electrons. The molecule has 2 rings (SSSR count). The van der Waals surface area contributed by atoms with Crippen LogP contribution in [0, 0.1) is 13.8 Å². The number of hydrogen-bond acceptors (Lipinski definition) is 5. The fourth-order valence-corrected chi connectivity index (χ4v) is 2.89. The lowest BCUT2D eigenvalue weighted by atomic mass is 10.1. The molecule has 0 fully saturated rings. The number of carbonyl (C=O) groups excluding carboxylic acids is 3. The molecule has 7 heteroatoms. The standard InChI is InChI=1S/C18H18BrNO5/c1-4-24-18(23)16-11(3)20-10(2)15(16)14(21)9-25-17(22)12-6-5-7-13(19)8-12/h5-8,20H,4,9H2,1-3H3. The molecule has 6 nitrogen and oxygen atoms in total. The first-order valence-corrected chi connectivity index (χ1v) is 8.46. The highest BCUT2D eigenvalue weighted by Gasteiger charge is 2.26. The molecule has 1 N–H and O–H groups in total. The topological polar surface area (TPSA) is 85.5 Å². The van der Waals surface area contributed by atoms with E-state index in [2.05, 4.69) is 20.9 Å². The number of halogens is 1. The van der Waals surface area contributed by atoms with Crippen LogP contribution in [-0.2, 0) is 9.47 Å². The molecule has 0 aliphatic rings. The van der Waals surface area contributed by atoms with Gasteiger partial charge in [0, 0.05) is 15.9 Å². The van der Waals surface area contributed by atoms with Crippen LogP contribution in [0.5, 0.6) is 0 Å². The molecule has 0 bridgehead atoms. The summed E-state index contributed by atoms with van der Waals surface area (Å²) >= 11 is 3.27. The summed E-state index contributed by atoms with van der Waals surface area (Å²) in [7, 11) is 0. The molecule has 2 aromatic rings. The molecule has 0 aliphatic carbocycles. The van der Waals surface area contributed by atoms with E-state index in [0.717, 1.165) is 4.47 Å². The molecule has 1 heterocycles. The smallest absolute Gasteiger partial charge is 0.340 e. The minimum atomic E-state index is -0.614. The Morgan fingerprint density at radius 2 is 1.72 bits per heavy atom. The van der Waals surface area contributed by atoms with Crippen molar-refractivity contribution >= 4 is 33.7 Å². The van der Waals surface area contributed by atoms with Crippen LogP contribution in [0.15, 0.2) is 28.7 Å². The molecule has 1 aromatic heterocycles. The van der Waals surface area contributed by atoms with Gasteiger partial charge in [-0.2, -0.15) is 0 Å². The molecular weight excluding hydrogens is 390 g/mol. The Morgan fingerprint density at radius 1 is 1.04 bits per heavy atom. The van der Waals surface area contributed by atoms with Crippen LogP contribution in [0.1, 0.15) is 49.4 Å². The Bertz CT molecular complexity index is 825. The maximum Gasteiger partial charge on any atom is 0.340 e. The van der Waals surface area contributed by atoms with Gasteiger partial charge in [0.15, 0.2) is 6.61 Å². The summed E-state index contributed by atoms with van der Waals surface area (Å²) in [6.07, 6.45) is 0. The number of nitrogens with one attached hydrogen (secondary N) is 1. The summed E-state index contributed by atoms with van der Waals surface area (Å²) in [4.78, 5) is 39.6. The summed E-state index contributed by atoms with van der Waals surface area (Å²) < 4.78 is 10.8. The molecule has 0 spiro atoms. The van der Waals surface area contributed by atoms with Gasteiger partial charge in [0.1, 0.15) is 0 Å². The number of aryl methyl sites for hydroxylation is 2. The van der Waals surface area contributed by atoms with Crippen molar-refractivity contribution in [1.82, 2.24) is 4.98 Å². The van der Waals surface area contributed by atoms with E-state index < -0.39 is 24.3 Å². The molecule has 0 amide bonds. The lowest BCUT2D eigenvalue weighted by Gasteiger charge is -2.07. The fraction of sp³-hybridized carbons (Fsp3) is 0.278. The molecule has 0 saturated heterocycles. The number of H-pyrrole nitrogens is 1. The van der Waals surface area contributed by atoms with Gasteiger partial charge in [0.05, 0.1) is 23.3 Å². The Kier molecular flexibility index (Phi) is 6.14. The maximum absolute atomic E-state index is 12.5. The minimum Gasteiger partial charge on any atom is -0.462 e. The number of hydrogen-bond donors (Lipinski definition) is 1. The van der Waals surface area contributed by atoms with Crippen molar-refractivity contribution in [2.45, 2.75) is 20.8 Å². The molecule has 0 unspecified atom stereocenters. The summed E-state index contributed by atoms with van der Waals surface area (Å²) in [5.41, 5.74) is 1.78. The molecule has 0 saturated carbocycles. The third kappa shape index (κ3) is 4.36. The van der Waals surface area contributed by atoms with E-state index in [1.807, 2.05) is 0 Å². The van der Waals surface area contributed by atoms with Crippen molar-refractivity contribution in [2.75, 3.05) is 13.2 Å². The largest absolute Gasteiger partial charge is 0.462 e. The molecule has 0 radical (unpaired) electrons. The summed E-state index contributed by atoms with van der Waals surface area (Å²) in [6, 6.07) is 6.66. The van der Waals surface area contributed by atoms with E-state index in [4.69, 9.17) is 9.47 Å². The SMILES string of the molecule is CCOC(=O)c1c(C)[nH]c(C)c1C(=O)COC(=O)c1cccc(Br)c1. The van der Waals surface area contributed by atoms with Crippen molar-refractivity contribution in [3.05, 3.63) is 56.8 Å². The fourth-order valence-electron chi connectivity index (χ4n) is 2.49. The number of ether oxygens (including phenoxy) is 2. The van der Waals surface area contributed by atoms with Gasteiger partial charge in [-0.3, -0.25) is 4.79 Å². The molecule has 25 heavy (non-hydrogen) atoms. The number of esters is 2. The van der Waals surface area contributed by atoms with E-state index in [1.54, 1.807) is 45.0 Å². The van der Waals surface area contributed by atoms with Gasteiger partial charge in [0.2, 0.25) is 5.78 Å². The molecule has 1 aromatic carbocycles. The number of rotatable bonds is 6. The zero-order valence-corrected chi connectivity index (χ0v) is 15.7.